The molecule has 31 heavy (non-hydrogen) atoms. The van der Waals surface area contributed by atoms with Gasteiger partial charge in [-0.3, -0.25) is 19.3 Å². The van der Waals surface area contributed by atoms with Crippen LogP contribution in [0.3, 0.4) is 0 Å². The maximum Gasteiger partial charge on any atom is 0.272 e. The average Bonchev–Trinajstić information content (AvgIpc) is 3.06. The van der Waals surface area contributed by atoms with Crippen LogP contribution in [0.15, 0.2) is 70.4 Å². The molecule has 0 amide bonds. The Morgan fingerprint density at radius 2 is 1.84 bits per heavy atom. The average molecular weight is 458 g/mol. The normalized spacial score (nSPS) is 11.6. The molecule has 0 unspecified atom stereocenters. The largest absolute Gasteiger partial charge is 0.494 e. The molecule has 160 valence electrons. The second kappa shape index (κ2) is 8.13. The van der Waals surface area contributed by atoms with E-state index in [1.54, 1.807) is 35.9 Å². The zero-order chi connectivity index (χ0) is 22.2. The van der Waals surface area contributed by atoms with Crippen molar-refractivity contribution >= 4 is 38.2 Å². The number of hydrogen-bond donors (Lipinski definition) is 2. The molecule has 0 bridgehead atoms. The predicted molar refractivity (Wildman–Crippen MR) is 122 cm³/mol. The highest BCUT2D eigenvalue weighted by atomic mass is 35.5. The third-order valence-electron chi connectivity index (χ3n) is 4.86. The number of nitrogens with zero attached hydrogens (tertiary/aromatic N) is 1. The molecule has 0 aliphatic rings. The molecule has 0 saturated carbocycles. The van der Waals surface area contributed by atoms with E-state index >= 15 is 0 Å². The van der Waals surface area contributed by atoms with Gasteiger partial charge >= 0.3 is 0 Å². The van der Waals surface area contributed by atoms with Crippen LogP contribution in [0.5, 0.6) is 5.75 Å². The number of benzene rings is 3. The molecule has 0 radical (unpaired) electrons. The van der Waals surface area contributed by atoms with Crippen LogP contribution in [-0.2, 0) is 10.0 Å². The van der Waals surface area contributed by atoms with Gasteiger partial charge in [0.1, 0.15) is 5.75 Å². The Morgan fingerprint density at radius 3 is 2.55 bits per heavy atom. The Labute approximate surface area is 184 Å². The van der Waals surface area contributed by atoms with Crippen LogP contribution >= 0.6 is 11.6 Å². The fourth-order valence-corrected chi connectivity index (χ4v) is 4.90. The highest BCUT2D eigenvalue weighted by molar-refractivity contribution is 7.92. The number of aromatic amines is 1. The van der Waals surface area contributed by atoms with Gasteiger partial charge in [-0.05, 0) is 74.0 Å². The van der Waals surface area contributed by atoms with E-state index in [-0.39, 0.29) is 16.1 Å². The van der Waals surface area contributed by atoms with Crippen molar-refractivity contribution in [3.05, 3.63) is 81.6 Å². The number of aromatic nitrogens is 2. The molecule has 0 fully saturated rings. The molecule has 1 aromatic heterocycles. The minimum Gasteiger partial charge on any atom is -0.494 e. The van der Waals surface area contributed by atoms with E-state index in [2.05, 4.69) is 9.82 Å². The number of nitrogens with one attached hydrogen (secondary N) is 2. The van der Waals surface area contributed by atoms with Crippen molar-refractivity contribution in [2.45, 2.75) is 18.7 Å². The zero-order valence-corrected chi connectivity index (χ0v) is 18.4. The molecular formula is C22H20ClN3O4S. The van der Waals surface area contributed by atoms with Gasteiger partial charge < -0.3 is 4.74 Å². The monoisotopic (exact) mass is 457 g/mol. The van der Waals surface area contributed by atoms with E-state index in [0.717, 1.165) is 11.4 Å². The smallest absolute Gasteiger partial charge is 0.272 e. The molecule has 0 spiro atoms. The Hall–Kier alpha value is -3.23. The molecule has 0 saturated heterocycles. The lowest BCUT2D eigenvalue weighted by atomic mass is 10.2. The lowest BCUT2D eigenvalue weighted by Gasteiger charge is -2.11. The van der Waals surface area contributed by atoms with E-state index in [4.69, 9.17) is 16.3 Å². The van der Waals surface area contributed by atoms with Gasteiger partial charge in [0.2, 0.25) is 0 Å². The summed E-state index contributed by atoms with van der Waals surface area (Å²) in [6, 6.07) is 16.8. The van der Waals surface area contributed by atoms with E-state index in [0.29, 0.717) is 28.1 Å². The van der Waals surface area contributed by atoms with Crippen molar-refractivity contribution in [3.8, 4) is 11.4 Å². The van der Waals surface area contributed by atoms with Crippen LogP contribution in [0, 0.1) is 6.92 Å². The van der Waals surface area contributed by atoms with Crippen molar-refractivity contribution < 1.29 is 13.2 Å². The van der Waals surface area contributed by atoms with Crippen molar-refractivity contribution in [1.82, 2.24) is 9.78 Å². The number of fused-ring (bicyclic) bond motifs is 1. The number of hydrogen-bond acceptors (Lipinski definition) is 4. The first kappa shape index (κ1) is 21.0. The molecule has 0 aliphatic carbocycles. The summed E-state index contributed by atoms with van der Waals surface area (Å²) in [6.07, 6.45) is 0. The summed E-state index contributed by atoms with van der Waals surface area (Å²) >= 11 is 6.06. The van der Waals surface area contributed by atoms with Gasteiger partial charge in [-0.25, -0.2) is 8.42 Å². The van der Waals surface area contributed by atoms with Crippen LogP contribution in [0.2, 0.25) is 5.02 Å². The summed E-state index contributed by atoms with van der Waals surface area (Å²) in [7, 11) is -3.87. The van der Waals surface area contributed by atoms with E-state index in [1.165, 1.54) is 12.1 Å². The van der Waals surface area contributed by atoms with Crippen LogP contribution in [0.1, 0.15) is 12.5 Å². The van der Waals surface area contributed by atoms with Gasteiger partial charge in [-0.15, -0.1) is 0 Å². The first-order chi connectivity index (χ1) is 14.8. The molecular weight excluding hydrogens is 438 g/mol. The zero-order valence-electron chi connectivity index (χ0n) is 16.8. The quantitative estimate of drug-likeness (QED) is 0.446. The highest BCUT2D eigenvalue weighted by Crippen LogP contribution is 2.26. The summed E-state index contributed by atoms with van der Waals surface area (Å²) in [5.41, 5.74) is 1.78. The van der Waals surface area contributed by atoms with E-state index in [9.17, 15) is 13.2 Å². The lowest BCUT2D eigenvalue weighted by Crippen LogP contribution is -2.14. The number of sulfonamides is 1. The summed E-state index contributed by atoms with van der Waals surface area (Å²) in [4.78, 5) is 12.6. The van der Waals surface area contributed by atoms with Gasteiger partial charge in [0.25, 0.3) is 15.6 Å². The molecule has 7 nitrogen and oxygen atoms in total. The van der Waals surface area contributed by atoms with E-state index in [1.807, 2.05) is 31.2 Å². The van der Waals surface area contributed by atoms with Crippen LogP contribution in [0.25, 0.3) is 16.6 Å². The molecule has 0 atom stereocenters. The molecule has 4 aromatic rings. The summed E-state index contributed by atoms with van der Waals surface area (Å²) < 4.78 is 35.3. The summed E-state index contributed by atoms with van der Waals surface area (Å²) in [5.74, 6) is 0.734. The first-order valence-corrected chi connectivity index (χ1v) is 11.4. The van der Waals surface area contributed by atoms with E-state index < -0.39 is 10.0 Å². The number of anilines is 1. The second-order valence-electron chi connectivity index (χ2n) is 6.90. The minimum absolute atomic E-state index is 0.0842. The van der Waals surface area contributed by atoms with Crippen molar-refractivity contribution in [2.75, 3.05) is 11.3 Å². The molecule has 1 heterocycles. The van der Waals surface area contributed by atoms with Gasteiger partial charge in [-0.1, -0.05) is 17.7 Å². The summed E-state index contributed by atoms with van der Waals surface area (Å²) in [5, 5.41) is 3.51. The molecule has 0 aliphatic heterocycles. The van der Waals surface area contributed by atoms with Crippen LogP contribution in [-0.4, -0.2) is 24.8 Å². The maximum absolute atomic E-state index is 12.8. The van der Waals surface area contributed by atoms with Crippen molar-refractivity contribution in [3.63, 3.8) is 0 Å². The maximum atomic E-state index is 12.8. The Morgan fingerprint density at radius 1 is 1.10 bits per heavy atom. The van der Waals surface area contributed by atoms with Crippen LogP contribution < -0.4 is 15.0 Å². The van der Waals surface area contributed by atoms with Crippen LogP contribution in [0.4, 0.5) is 5.69 Å². The fraction of sp³-hybridized carbons (Fsp3) is 0.136. The lowest BCUT2D eigenvalue weighted by molar-refractivity contribution is 0.340. The standard InChI is InChI=1S/C22H20ClN3O4S/c1-3-30-17-10-8-16(9-11-17)26-20-12-7-15(13-18(20)22(27)24-26)25-31(28,29)21-6-4-5-19(23)14(21)2/h4-13,25H,3H2,1-2H3,(H,24,27). The number of H-pyrrole nitrogens is 1. The summed E-state index contributed by atoms with van der Waals surface area (Å²) in [6.45, 7) is 4.11. The third kappa shape index (κ3) is 4.04. The van der Waals surface area contributed by atoms with Crippen molar-refractivity contribution in [1.29, 1.82) is 0 Å². The Kier molecular flexibility index (Phi) is 5.51. The predicted octanol–water partition coefficient (Wildman–Crippen LogP) is 4.48. The molecule has 2 N–H and O–H groups in total. The second-order valence-corrected chi connectivity index (χ2v) is 8.96. The fourth-order valence-electron chi connectivity index (χ4n) is 3.35. The number of ether oxygens (including phenoxy) is 1. The highest BCUT2D eigenvalue weighted by Gasteiger charge is 2.19. The van der Waals surface area contributed by atoms with Crippen molar-refractivity contribution in [2.24, 2.45) is 0 Å². The molecule has 9 heteroatoms. The van der Waals surface area contributed by atoms with Gasteiger partial charge in [0.05, 0.1) is 28.1 Å². The number of halogens is 1. The van der Waals surface area contributed by atoms with Gasteiger partial charge in [0.15, 0.2) is 0 Å². The molecule has 3 aromatic carbocycles. The van der Waals surface area contributed by atoms with Gasteiger partial charge in [0, 0.05) is 10.7 Å². The third-order valence-corrected chi connectivity index (χ3v) is 6.80. The van der Waals surface area contributed by atoms with Gasteiger partial charge in [-0.2, -0.15) is 0 Å². The first-order valence-electron chi connectivity index (χ1n) is 9.56. The Bertz CT molecular complexity index is 1420. The SMILES string of the molecule is CCOc1ccc(-n2[nH]c(=O)c3cc(NS(=O)(=O)c4cccc(Cl)c4C)ccc32)cc1. The Balaban J connectivity index is 1.70. The minimum atomic E-state index is -3.87. The molecule has 4 rings (SSSR count). The number of rotatable bonds is 6. The topological polar surface area (TPSA) is 93.2 Å².